The largest absolute Gasteiger partial charge is 0.207 e. The van der Waals surface area contributed by atoms with Gasteiger partial charge in [-0.05, 0) is 29.7 Å². The average Bonchev–Trinajstić information content (AvgIpc) is 2.52. The van der Waals surface area contributed by atoms with Gasteiger partial charge in [-0.3, -0.25) is 0 Å². The lowest BCUT2D eigenvalue weighted by atomic mass is 9.96. The first-order valence-electron chi connectivity index (χ1n) is 6.22. The highest BCUT2D eigenvalue weighted by Crippen LogP contribution is 2.38. The maximum absolute atomic E-state index is 14.1. The van der Waals surface area contributed by atoms with E-state index in [0.29, 0.717) is 18.2 Å². The predicted octanol–water partition coefficient (Wildman–Crippen LogP) is 5.48. The SMILES string of the molecule is Fc1ccc(F)c(-c2c(F)c(F)c(F)c3c(F)c(F)ccc23)c1. The van der Waals surface area contributed by atoms with E-state index >= 15 is 0 Å². The van der Waals surface area contributed by atoms with Crippen LogP contribution in [0.4, 0.5) is 30.7 Å². The van der Waals surface area contributed by atoms with Gasteiger partial charge in [0.1, 0.15) is 11.6 Å². The molecule has 3 rings (SSSR count). The third-order valence-corrected chi connectivity index (χ3v) is 3.39. The van der Waals surface area contributed by atoms with Crippen LogP contribution in [0.3, 0.4) is 0 Å². The highest BCUT2D eigenvalue weighted by molar-refractivity contribution is 5.98. The van der Waals surface area contributed by atoms with E-state index in [2.05, 4.69) is 0 Å². The van der Waals surface area contributed by atoms with Crippen LogP contribution in [-0.4, -0.2) is 0 Å². The van der Waals surface area contributed by atoms with Gasteiger partial charge in [0.15, 0.2) is 29.1 Å². The average molecular weight is 330 g/mol. The molecule has 3 aromatic carbocycles. The lowest BCUT2D eigenvalue weighted by Crippen LogP contribution is -2.02. The summed E-state index contributed by atoms with van der Waals surface area (Å²) in [4.78, 5) is 0. The molecule has 0 aliphatic carbocycles. The third kappa shape index (κ3) is 2.23. The molecular formula is C16H5F7. The second-order valence-corrected chi connectivity index (χ2v) is 4.73. The van der Waals surface area contributed by atoms with Crippen molar-refractivity contribution in [3.8, 4) is 11.1 Å². The summed E-state index contributed by atoms with van der Waals surface area (Å²) in [6.45, 7) is 0. The molecule has 0 nitrogen and oxygen atoms in total. The van der Waals surface area contributed by atoms with Crippen LogP contribution < -0.4 is 0 Å². The first-order valence-corrected chi connectivity index (χ1v) is 6.22. The van der Waals surface area contributed by atoms with E-state index in [4.69, 9.17) is 0 Å². The summed E-state index contributed by atoms with van der Waals surface area (Å²) in [5.41, 5.74) is -1.63. The van der Waals surface area contributed by atoms with Crippen molar-refractivity contribution in [3.63, 3.8) is 0 Å². The minimum absolute atomic E-state index is 0.547. The maximum atomic E-state index is 14.1. The van der Waals surface area contributed by atoms with Gasteiger partial charge in [-0.15, -0.1) is 0 Å². The van der Waals surface area contributed by atoms with Crippen molar-refractivity contribution in [2.75, 3.05) is 0 Å². The molecule has 0 amide bonds. The van der Waals surface area contributed by atoms with Crippen LogP contribution in [-0.2, 0) is 0 Å². The molecule has 0 unspecified atom stereocenters. The summed E-state index contributed by atoms with van der Waals surface area (Å²) in [7, 11) is 0. The van der Waals surface area contributed by atoms with Gasteiger partial charge in [-0.25, -0.2) is 30.7 Å². The number of rotatable bonds is 1. The van der Waals surface area contributed by atoms with E-state index in [9.17, 15) is 30.7 Å². The molecule has 0 N–H and O–H groups in total. The van der Waals surface area contributed by atoms with E-state index in [1.165, 1.54) is 0 Å². The van der Waals surface area contributed by atoms with E-state index in [1.54, 1.807) is 0 Å². The van der Waals surface area contributed by atoms with Crippen molar-refractivity contribution in [3.05, 3.63) is 71.1 Å². The Balaban J connectivity index is 2.56. The molecule has 0 bridgehead atoms. The quantitative estimate of drug-likeness (QED) is 0.409. The normalized spacial score (nSPS) is 11.3. The number of hydrogen-bond acceptors (Lipinski definition) is 0. The molecule has 23 heavy (non-hydrogen) atoms. The standard InChI is InChI=1S/C16H5F7/c17-6-1-3-9(18)8(5-6)11-7-2-4-10(19)13(20)12(7)15(22)16(23)14(11)21/h1-5H. The van der Waals surface area contributed by atoms with Gasteiger partial charge in [-0.2, -0.15) is 0 Å². The van der Waals surface area contributed by atoms with Crippen LogP contribution in [0.2, 0.25) is 0 Å². The smallest absolute Gasteiger partial charge is 0.195 e. The number of fused-ring (bicyclic) bond motifs is 1. The Hall–Kier alpha value is -2.57. The molecule has 7 heteroatoms. The fourth-order valence-corrected chi connectivity index (χ4v) is 2.36. The van der Waals surface area contributed by atoms with Crippen LogP contribution in [0.5, 0.6) is 0 Å². The van der Waals surface area contributed by atoms with Crippen molar-refractivity contribution in [1.82, 2.24) is 0 Å². The maximum Gasteiger partial charge on any atom is 0.195 e. The molecular weight excluding hydrogens is 325 g/mol. The van der Waals surface area contributed by atoms with Gasteiger partial charge in [0, 0.05) is 11.1 Å². The van der Waals surface area contributed by atoms with Crippen LogP contribution in [0, 0.1) is 40.7 Å². The Bertz CT molecular complexity index is 947. The van der Waals surface area contributed by atoms with Gasteiger partial charge < -0.3 is 0 Å². The van der Waals surface area contributed by atoms with Crippen LogP contribution in [0.1, 0.15) is 0 Å². The van der Waals surface area contributed by atoms with E-state index < -0.39 is 62.6 Å². The van der Waals surface area contributed by atoms with Gasteiger partial charge >= 0.3 is 0 Å². The molecule has 0 heterocycles. The first kappa shape index (κ1) is 15.3. The molecule has 0 fully saturated rings. The van der Waals surface area contributed by atoms with Crippen molar-refractivity contribution < 1.29 is 30.7 Å². The first-order chi connectivity index (χ1) is 10.8. The lowest BCUT2D eigenvalue weighted by Gasteiger charge is -2.12. The Labute approximate surface area is 124 Å². The van der Waals surface area contributed by atoms with Gasteiger partial charge in [0.2, 0.25) is 0 Å². The summed E-state index contributed by atoms with van der Waals surface area (Å²) >= 11 is 0. The van der Waals surface area contributed by atoms with Crippen LogP contribution >= 0.6 is 0 Å². The zero-order valence-corrected chi connectivity index (χ0v) is 11.0. The molecule has 0 saturated heterocycles. The summed E-state index contributed by atoms with van der Waals surface area (Å²) in [6, 6.07) is 3.25. The lowest BCUT2D eigenvalue weighted by molar-refractivity contribution is 0.449. The highest BCUT2D eigenvalue weighted by atomic mass is 19.2. The zero-order valence-electron chi connectivity index (χ0n) is 11.0. The number of halogens is 7. The summed E-state index contributed by atoms with van der Waals surface area (Å²) in [5.74, 6) is -11.2. The minimum atomic E-state index is -2.11. The zero-order chi connectivity index (χ0) is 16.9. The Kier molecular flexibility index (Phi) is 3.50. The fraction of sp³-hybridized carbons (Fsp3) is 0. The summed E-state index contributed by atoms with van der Waals surface area (Å²) < 4.78 is 95.8. The minimum Gasteiger partial charge on any atom is -0.207 e. The van der Waals surface area contributed by atoms with Gasteiger partial charge in [0.25, 0.3) is 0 Å². The molecule has 0 spiro atoms. The fourth-order valence-electron chi connectivity index (χ4n) is 2.36. The second-order valence-electron chi connectivity index (χ2n) is 4.73. The third-order valence-electron chi connectivity index (χ3n) is 3.39. The number of hydrogen-bond donors (Lipinski definition) is 0. The molecule has 0 aliphatic rings. The molecule has 0 radical (unpaired) electrons. The predicted molar refractivity (Wildman–Crippen MR) is 69.1 cm³/mol. The monoisotopic (exact) mass is 330 g/mol. The van der Waals surface area contributed by atoms with E-state index in [-0.39, 0.29) is 0 Å². The van der Waals surface area contributed by atoms with Crippen molar-refractivity contribution in [1.29, 1.82) is 0 Å². The van der Waals surface area contributed by atoms with Crippen LogP contribution in [0.15, 0.2) is 30.3 Å². The van der Waals surface area contributed by atoms with Gasteiger partial charge in [-0.1, -0.05) is 6.07 Å². The Morgan fingerprint density at radius 1 is 0.565 bits per heavy atom. The second kappa shape index (κ2) is 5.26. The molecule has 0 aliphatic heterocycles. The topological polar surface area (TPSA) is 0 Å². The molecule has 3 aromatic rings. The van der Waals surface area contributed by atoms with Crippen molar-refractivity contribution >= 4 is 10.8 Å². The Morgan fingerprint density at radius 2 is 1.22 bits per heavy atom. The highest BCUT2D eigenvalue weighted by Gasteiger charge is 2.26. The molecule has 0 aromatic heterocycles. The van der Waals surface area contributed by atoms with E-state index in [1.807, 2.05) is 0 Å². The molecule has 118 valence electrons. The summed E-state index contributed by atoms with van der Waals surface area (Å²) in [6.07, 6.45) is 0. The number of benzene rings is 3. The van der Waals surface area contributed by atoms with Crippen molar-refractivity contribution in [2.45, 2.75) is 0 Å². The molecule has 0 saturated carbocycles. The molecule has 0 atom stereocenters. The summed E-state index contributed by atoms with van der Waals surface area (Å²) in [5, 5.41) is -1.80. The Morgan fingerprint density at radius 3 is 1.91 bits per heavy atom. The van der Waals surface area contributed by atoms with Crippen molar-refractivity contribution in [2.24, 2.45) is 0 Å². The van der Waals surface area contributed by atoms with Crippen LogP contribution in [0.25, 0.3) is 21.9 Å². The van der Waals surface area contributed by atoms with Gasteiger partial charge in [0.05, 0.1) is 5.39 Å². The van der Waals surface area contributed by atoms with E-state index in [0.717, 1.165) is 12.1 Å².